The van der Waals surface area contributed by atoms with E-state index in [4.69, 9.17) is 9.47 Å². The van der Waals surface area contributed by atoms with E-state index in [1.807, 2.05) is 24.3 Å². The average Bonchev–Trinajstić information content (AvgIpc) is 2.60. The molecule has 0 bridgehead atoms. The summed E-state index contributed by atoms with van der Waals surface area (Å²) in [5.41, 5.74) is 2.39. The fourth-order valence-electron chi connectivity index (χ4n) is 3.00. The fourth-order valence-corrected chi connectivity index (χ4v) is 3.00. The van der Waals surface area contributed by atoms with Crippen molar-refractivity contribution >= 4 is 5.97 Å². The van der Waals surface area contributed by atoms with E-state index in [1.54, 1.807) is 7.11 Å². The first-order valence-electron chi connectivity index (χ1n) is 8.43. The van der Waals surface area contributed by atoms with Crippen LogP contribution < -0.4 is 9.47 Å². The Balaban J connectivity index is 2.36. The number of rotatable bonds is 7. The Morgan fingerprint density at radius 1 is 0.958 bits per heavy atom. The molecule has 128 valence electrons. The zero-order chi connectivity index (χ0) is 17.6. The molecule has 2 rings (SSSR count). The third kappa shape index (κ3) is 4.16. The van der Waals surface area contributed by atoms with Crippen LogP contribution in [0.5, 0.6) is 11.5 Å². The van der Waals surface area contributed by atoms with E-state index in [9.17, 15) is 4.79 Å². The van der Waals surface area contributed by atoms with E-state index in [0.717, 1.165) is 25.0 Å². The third-order valence-electron chi connectivity index (χ3n) is 4.51. The Morgan fingerprint density at radius 2 is 1.46 bits per heavy atom. The molecule has 0 N–H and O–H groups in total. The quantitative estimate of drug-likeness (QED) is 0.523. The van der Waals surface area contributed by atoms with Gasteiger partial charge in [0.25, 0.3) is 0 Å². The summed E-state index contributed by atoms with van der Waals surface area (Å²) >= 11 is 0. The molecule has 0 amide bonds. The highest BCUT2D eigenvalue weighted by molar-refractivity contribution is 5.69. The molecule has 0 saturated carbocycles. The summed E-state index contributed by atoms with van der Waals surface area (Å²) in [4.78, 5) is 11.1. The third-order valence-corrected chi connectivity index (χ3v) is 4.51. The molecule has 0 fully saturated rings. The van der Waals surface area contributed by atoms with Crippen LogP contribution in [0.15, 0.2) is 48.5 Å². The topological polar surface area (TPSA) is 35.5 Å². The van der Waals surface area contributed by atoms with Crippen molar-refractivity contribution in [3.05, 3.63) is 59.7 Å². The molecule has 24 heavy (non-hydrogen) atoms. The lowest BCUT2D eigenvalue weighted by molar-refractivity contribution is -0.131. The van der Waals surface area contributed by atoms with Crippen LogP contribution in [0.4, 0.5) is 0 Å². The van der Waals surface area contributed by atoms with Gasteiger partial charge >= 0.3 is 5.97 Å². The van der Waals surface area contributed by atoms with Crippen LogP contribution in [0.25, 0.3) is 0 Å². The van der Waals surface area contributed by atoms with Crippen molar-refractivity contribution in [2.75, 3.05) is 7.11 Å². The van der Waals surface area contributed by atoms with Crippen LogP contribution >= 0.6 is 0 Å². The predicted molar refractivity (Wildman–Crippen MR) is 96.7 cm³/mol. The maximum absolute atomic E-state index is 11.1. The predicted octanol–water partition coefficient (Wildman–Crippen LogP) is 5.12. The summed E-state index contributed by atoms with van der Waals surface area (Å²) in [6, 6.07) is 16.1. The normalized spacial score (nSPS) is 13.2. The standard InChI is InChI=1S/C21H26O3/c1-5-6-15-21(3,17-7-11-19(23-4)12-8-17)18-9-13-20(14-10-18)24-16(2)22/h7-14H,5-6,15H2,1-4H3. The minimum atomic E-state index is -0.299. The van der Waals surface area contributed by atoms with Crippen LogP contribution in [0, 0.1) is 0 Å². The second-order valence-electron chi connectivity index (χ2n) is 6.28. The molecule has 0 aromatic heterocycles. The molecule has 0 radical (unpaired) electrons. The highest BCUT2D eigenvalue weighted by Crippen LogP contribution is 2.38. The van der Waals surface area contributed by atoms with E-state index in [2.05, 4.69) is 38.1 Å². The Hall–Kier alpha value is -2.29. The molecule has 1 atom stereocenters. The van der Waals surface area contributed by atoms with Gasteiger partial charge in [0.2, 0.25) is 0 Å². The van der Waals surface area contributed by atoms with Crippen molar-refractivity contribution in [2.45, 2.75) is 45.4 Å². The number of methoxy groups -OCH3 is 1. The van der Waals surface area contributed by atoms with Gasteiger partial charge in [0.1, 0.15) is 11.5 Å². The molecule has 0 aliphatic carbocycles. The summed E-state index contributed by atoms with van der Waals surface area (Å²) in [7, 11) is 1.68. The van der Waals surface area contributed by atoms with Gasteiger partial charge in [0.15, 0.2) is 0 Å². The maximum atomic E-state index is 11.1. The number of hydrogen-bond donors (Lipinski definition) is 0. The lowest BCUT2D eigenvalue weighted by atomic mass is 9.73. The summed E-state index contributed by atoms with van der Waals surface area (Å²) in [6.07, 6.45) is 3.36. The second-order valence-corrected chi connectivity index (χ2v) is 6.28. The largest absolute Gasteiger partial charge is 0.497 e. The molecule has 0 heterocycles. The molecule has 2 aromatic carbocycles. The number of carbonyl (C=O) groups is 1. The lowest BCUT2D eigenvalue weighted by Crippen LogP contribution is -2.23. The van der Waals surface area contributed by atoms with Crippen LogP contribution in [-0.2, 0) is 10.2 Å². The monoisotopic (exact) mass is 326 g/mol. The van der Waals surface area contributed by atoms with E-state index in [-0.39, 0.29) is 11.4 Å². The summed E-state index contributed by atoms with van der Waals surface area (Å²) in [5.74, 6) is 1.15. The fraction of sp³-hybridized carbons (Fsp3) is 0.381. The van der Waals surface area contributed by atoms with Gasteiger partial charge in [-0.2, -0.15) is 0 Å². The molecular weight excluding hydrogens is 300 g/mol. The minimum absolute atomic E-state index is 0.0863. The van der Waals surface area contributed by atoms with Crippen molar-refractivity contribution in [3.63, 3.8) is 0 Å². The Bertz CT molecular complexity index is 658. The molecule has 3 heteroatoms. The molecule has 0 spiro atoms. The first-order valence-corrected chi connectivity index (χ1v) is 8.43. The van der Waals surface area contributed by atoms with E-state index in [1.165, 1.54) is 18.1 Å². The molecule has 3 nitrogen and oxygen atoms in total. The average molecular weight is 326 g/mol. The van der Waals surface area contributed by atoms with Gasteiger partial charge in [0.05, 0.1) is 7.11 Å². The molecular formula is C21H26O3. The number of carbonyl (C=O) groups excluding carboxylic acids is 1. The van der Waals surface area contributed by atoms with Crippen LogP contribution in [0.1, 0.15) is 51.2 Å². The van der Waals surface area contributed by atoms with Crippen molar-refractivity contribution in [2.24, 2.45) is 0 Å². The van der Waals surface area contributed by atoms with Crippen LogP contribution in [0.3, 0.4) is 0 Å². The van der Waals surface area contributed by atoms with Crippen LogP contribution in [-0.4, -0.2) is 13.1 Å². The highest BCUT2D eigenvalue weighted by Gasteiger charge is 2.28. The zero-order valence-electron chi connectivity index (χ0n) is 15.0. The SMILES string of the molecule is CCCCC(C)(c1ccc(OC)cc1)c1ccc(OC(C)=O)cc1. The minimum Gasteiger partial charge on any atom is -0.497 e. The van der Waals surface area contributed by atoms with Crippen molar-refractivity contribution < 1.29 is 14.3 Å². The Morgan fingerprint density at radius 3 is 1.88 bits per heavy atom. The number of esters is 1. The second kappa shape index (κ2) is 8.00. The van der Waals surface area contributed by atoms with Gasteiger partial charge in [-0.3, -0.25) is 4.79 Å². The van der Waals surface area contributed by atoms with E-state index < -0.39 is 0 Å². The van der Waals surface area contributed by atoms with E-state index >= 15 is 0 Å². The summed E-state index contributed by atoms with van der Waals surface area (Å²) in [6.45, 7) is 5.89. The highest BCUT2D eigenvalue weighted by atomic mass is 16.5. The van der Waals surface area contributed by atoms with Crippen LogP contribution in [0.2, 0.25) is 0 Å². The van der Waals surface area contributed by atoms with Crippen molar-refractivity contribution in [1.29, 1.82) is 0 Å². The van der Waals surface area contributed by atoms with E-state index in [0.29, 0.717) is 5.75 Å². The van der Waals surface area contributed by atoms with Gasteiger partial charge in [-0.05, 0) is 41.8 Å². The number of hydrogen-bond acceptors (Lipinski definition) is 3. The zero-order valence-corrected chi connectivity index (χ0v) is 15.0. The molecule has 0 aliphatic heterocycles. The first kappa shape index (κ1) is 18.1. The molecule has 2 aromatic rings. The Labute approximate surface area is 144 Å². The van der Waals surface area contributed by atoms with Crippen molar-refractivity contribution in [3.8, 4) is 11.5 Å². The maximum Gasteiger partial charge on any atom is 0.308 e. The first-order chi connectivity index (χ1) is 11.5. The lowest BCUT2D eigenvalue weighted by Gasteiger charge is -2.31. The van der Waals surface area contributed by atoms with Gasteiger partial charge in [-0.1, -0.05) is 51.0 Å². The van der Waals surface area contributed by atoms with Crippen molar-refractivity contribution in [1.82, 2.24) is 0 Å². The number of benzene rings is 2. The molecule has 0 saturated heterocycles. The van der Waals surface area contributed by atoms with Gasteiger partial charge in [-0.15, -0.1) is 0 Å². The summed E-state index contributed by atoms with van der Waals surface area (Å²) < 4.78 is 10.4. The summed E-state index contributed by atoms with van der Waals surface area (Å²) in [5, 5.41) is 0. The van der Waals surface area contributed by atoms with Gasteiger partial charge < -0.3 is 9.47 Å². The van der Waals surface area contributed by atoms with Gasteiger partial charge in [-0.25, -0.2) is 0 Å². The van der Waals surface area contributed by atoms with Gasteiger partial charge in [0, 0.05) is 12.3 Å². The Kier molecular flexibility index (Phi) is 6.02. The molecule has 0 aliphatic rings. The number of ether oxygens (including phenoxy) is 2. The number of unbranched alkanes of at least 4 members (excludes halogenated alkanes) is 1. The molecule has 1 unspecified atom stereocenters. The smallest absolute Gasteiger partial charge is 0.308 e.